The van der Waals surface area contributed by atoms with Crippen molar-refractivity contribution in [2.75, 3.05) is 6.61 Å². The van der Waals surface area contributed by atoms with Crippen molar-refractivity contribution in [3.05, 3.63) is 18.0 Å². The lowest BCUT2D eigenvalue weighted by molar-refractivity contribution is -0.141. The molecule has 0 aliphatic rings. The van der Waals surface area contributed by atoms with Gasteiger partial charge in [0, 0.05) is 13.2 Å². The first-order valence-corrected chi connectivity index (χ1v) is 4.36. The van der Waals surface area contributed by atoms with E-state index in [1.165, 1.54) is 0 Å². The van der Waals surface area contributed by atoms with E-state index >= 15 is 0 Å². The minimum absolute atomic E-state index is 0.115. The van der Waals surface area contributed by atoms with Gasteiger partial charge in [0.2, 0.25) is 0 Å². The highest BCUT2D eigenvalue weighted by atomic mass is 16.5. The van der Waals surface area contributed by atoms with Gasteiger partial charge in [-0.05, 0) is 18.9 Å². The molecule has 74 valence electrons. The first kappa shape index (κ1) is 10.3. The Balaban J connectivity index is 2.44. The molecule has 1 heterocycles. The average Bonchev–Trinajstić information content (AvgIpc) is 2.52. The first-order valence-electron chi connectivity index (χ1n) is 4.36. The van der Waals surface area contributed by atoms with E-state index in [1.54, 1.807) is 23.9 Å². The number of carbonyl (C=O) groups is 1. The van der Waals surface area contributed by atoms with Crippen molar-refractivity contribution in [2.24, 2.45) is 7.05 Å². The molecule has 4 nitrogen and oxygen atoms in total. The molecular formula is C10H12N2O2. The van der Waals surface area contributed by atoms with Gasteiger partial charge < -0.3 is 4.74 Å². The third-order valence-corrected chi connectivity index (χ3v) is 1.47. The van der Waals surface area contributed by atoms with Gasteiger partial charge in [-0.25, -0.2) is 0 Å². The zero-order valence-electron chi connectivity index (χ0n) is 8.28. The third-order valence-electron chi connectivity index (χ3n) is 1.47. The molecule has 0 fully saturated rings. The van der Waals surface area contributed by atoms with Crippen LogP contribution in [0, 0.1) is 11.8 Å². The molecule has 0 unspecified atom stereocenters. The Kier molecular flexibility index (Phi) is 3.74. The summed E-state index contributed by atoms with van der Waals surface area (Å²) < 4.78 is 6.38. The molecule has 0 aliphatic heterocycles. The highest BCUT2D eigenvalue weighted by molar-refractivity contribution is 5.72. The maximum absolute atomic E-state index is 10.9. The van der Waals surface area contributed by atoms with E-state index in [-0.39, 0.29) is 12.4 Å². The van der Waals surface area contributed by atoms with Gasteiger partial charge in [0.15, 0.2) is 0 Å². The van der Waals surface area contributed by atoms with Gasteiger partial charge in [0.05, 0.1) is 6.61 Å². The highest BCUT2D eigenvalue weighted by Gasteiger charge is 1.96. The molecule has 1 aromatic rings. The van der Waals surface area contributed by atoms with Gasteiger partial charge in [-0.1, -0.05) is 5.92 Å². The normalized spacial score (nSPS) is 9.00. The SMILES string of the molecule is CCOC(=O)CC#Cc1ccn(C)n1. The van der Waals surface area contributed by atoms with Crippen LogP contribution in [-0.4, -0.2) is 22.4 Å². The zero-order valence-corrected chi connectivity index (χ0v) is 8.28. The smallest absolute Gasteiger partial charge is 0.317 e. The highest BCUT2D eigenvalue weighted by Crippen LogP contribution is 1.91. The van der Waals surface area contributed by atoms with Crippen molar-refractivity contribution in [3.63, 3.8) is 0 Å². The van der Waals surface area contributed by atoms with Crippen LogP contribution >= 0.6 is 0 Å². The van der Waals surface area contributed by atoms with E-state index in [2.05, 4.69) is 16.9 Å². The fraction of sp³-hybridized carbons (Fsp3) is 0.400. The number of rotatable bonds is 2. The van der Waals surface area contributed by atoms with Gasteiger partial charge >= 0.3 is 5.97 Å². The van der Waals surface area contributed by atoms with E-state index < -0.39 is 0 Å². The summed E-state index contributed by atoms with van der Waals surface area (Å²) in [7, 11) is 1.82. The Morgan fingerprint density at radius 2 is 2.50 bits per heavy atom. The van der Waals surface area contributed by atoms with Gasteiger partial charge in [0.1, 0.15) is 12.1 Å². The predicted molar refractivity (Wildman–Crippen MR) is 51.3 cm³/mol. The molecule has 14 heavy (non-hydrogen) atoms. The molecule has 0 aliphatic carbocycles. The molecule has 0 spiro atoms. The molecule has 0 radical (unpaired) electrons. The Morgan fingerprint density at radius 1 is 1.71 bits per heavy atom. The number of hydrogen-bond acceptors (Lipinski definition) is 3. The van der Waals surface area contributed by atoms with E-state index in [4.69, 9.17) is 4.74 Å². The molecule has 1 aromatic heterocycles. The number of esters is 1. The fourth-order valence-electron chi connectivity index (χ4n) is 0.901. The number of aryl methyl sites for hydroxylation is 1. The summed E-state index contributed by atoms with van der Waals surface area (Å²) in [5.41, 5.74) is 0.664. The molecule has 0 atom stereocenters. The number of aromatic nitrogens is 2. The maximum atomic E-state index is 10.9. The first-order chi connectivity index (χ1) is 6.72. The largest absolute Gasteiger partial charge is 0.465 e. The lowest BCUT2D eigenvalue weighted by atomic mass is 10.4. The third kappa shape index (κ3) is 3.31. The van der Waals surface area contributed by atoms with E-state index in [0.29, 0.717) is 12.3 Å². The Morgan fingerprint density at radius 3 is 3.07 bits per heavy atom. The molecule has 0 saturated heterocycles. The Bertz CT molecular complexity index is 371. The second-order valence-corrected chi connectivity index (χ2v) is 2.66. The molecule has 0 bridgehead atoms. The maximum Gasteiger partial charge on any atom is 0.317 e. The topological polar surface area (TPSA) is 44.1 Å². The van der Waals surface area contributed by atoms with Crippen LogP contribution in [0.5, 0.6) is 0 Å². The summed E-state index contributed by atoms with van der Waals surface area (Å²) in [5.74, 6) is 5.18. The van der Waals surface area contributed by atoms with Crippen molar-refractivity contribution >= 4 is 5.97 Å². The van der Waals surface area contributed by atoms with E-state index in [9.17, 15) is 4.79 Å². The van der Waals surface area contributed by atoms with Crippen LogP contribution in [0.15, 0.2) is 12.3 Å². The van der Waals surface area contributed by atoms with Gasteiger partial charge in [-0.15, -0.1) is 0 Å². The van der Waals surface area contributed by atoms with Crippen LogP contribution in [0.4, 0.5) is 0 Å². The second kappa shape index (κ2) is 5.07. The van der Waals surface area contributed by atoms with Crippen LogP contribution < -0.4 is 0 Å². The summed E-state index contributed by atoms with van der Waals surface area (Å²) in [6, 6.07) is 1.79. The van der Waals surface area contributed by atoms with Gasteiger partial charge in [-0.3, -0.25) is 9.48 Å². The minimum Gasteiger partial charge on any atom is -0.465 e. The van der Waals surface area contributed by atoms with Crippen molar-refractivity contribution in [2.45, 2.75) is 13.3 Å². The zero-order chi connectivity index (χ0) is 10.4. The number of nitrogens with zero attached hydrogens (tertiary/aromatic N) is 2. The molecule has 0 N–H and O–H groups in total. The lowest BCUT2D eigenvalue weighted by Crippen LogP contribution is -2.01. The monoisotopic (exact) mass is 192 g/mol. The van der Waals surface area contributed by atoms with Gasteiger partial charge in [-0.2, -0.15) is 5.10 Å². The lowest BCUT2D eigenvalue weighted by Gasteiger charge is -1.94. The van der Waals surface area contributed by atoms with Crippen LogP contribution in [-0.2, 0) is 16.6 Å². The molecule has 0 saturated carbocycles. The minimum atomic E-state index is -0.295. The Hall–Kier alpha value is -1.76. The number of carbonyl (C=O) groups excluding carboxylic acids is 1. The fourth-order valence-corrected chi connectivity index (χ4v) is 0.901. The molecule has 0 amide bonds. The van der Waals surface area contributed by atoms with Crippen LogP contribution in [0.25, 0.3) is 0 Å². The number of hydrogen-bond donors (Lipinski definition) is 0. The van der Waals surface area contributed by atoms with E-state index in [0.717, 1.165) is 0 Å². The van der Waals surface area contributed by atoms with Crippen molar-refractivity contribution in [1.82, 2.24) is 9.78 Å². The van der Waals surface area contributed by atoms with Crippen molar-refractivity contribution < 1.29 is 9.53 Å². The van der Waals surface area contributed by atoms with Gasteiger partial charge in [0.25, 0.3) is 0 Å². The molecule has 4 heteroatoms. The van der Waals surface area contributed by atoms with Crippen molar-refractivity contribution in [3.8, 4) is 11.8 Å². The Labute approximate surface area is 82.9 Å². The summed E-state index contributed by atoms with van der Waals surface area (Å²) >= 11 is 0. The van der Waals surface area contributed by atoms with Crippen LogP contribution in [0.2, 0.25) is 0 Å². The summed E-state index contributed by atoms with van der Waals surface area (Å²) in [6.07, 6.45) is 1.92. The molecule has 1 rings (SSSR count). The number of ether oxygens (including phenoxy) is 1. The summed E-state index contributed by atoms with van der Waals surface area (Å²) in [5, 5.41) is 4.04. The molecule has 0 aromatic carbocycles. The molecular weight excluding hydrogens is 180 g/mol. The standard InChI is InChI=1S/C10H12N2O2/c1-3-14-10(13)6-4-5-9-7-8-12(2)11-9/h7-8H,3,6H2,1-2H3. The summed E-state index contributed by atoms with van der Waals surface area (Å²) in [4.78, 5) is 10.9. The quantitative estimate of drug-likeness (QED) is 0.512. The second-order valence-electron chi connectivity index (χ2n) is 2.66. The predicted octanol–water partition coefficient (Wildman–Crippen LogP) is 0.725. The van der Waals surface area contributed by atoms with Crippen LogP contribution in [0.1, 0.15) is 19.0 Å². The van der Waals surface area contributed by atoms with Crippen LogP contribution in [0.3, 0.4) is 0 Å². The average molecular weight is 192 g/mol. The summed E-state index contributed by atoms with van der Waals surface area (Å²) in [6.45, 7) is 2.16. The van der Waals surface area contributed by atoms with Crippen molar-refractivity contribution in [1.29, 1.82) is 0 Å². The van der Waals surface area contributed by atoms with E-state index in [1.807, 2.05) is 7.05 Å².